The third kappa shape index (κ3) is 4.19. The van der Waals surface area contributed by atoms with Crippen molar-refractivity contribution in [1.82, 2.24) is 9.80 Å². The molecule has 0 saturated heterocycles. The summed E-state index contributed by atoms with van der Waals surface area (Å²) in [5.74, 6) is -2.17. The molecule has 3 aromatic rings. The van der Waals surface area contributed by atoms with E-state index in [-0.39, 0.29) is 17.9 Å². The van der Waals surface area contributed by atoms with Crippen molar-refractivity contribution in [3.05, 3.63) is 76.0 Å². The van der Waals surface area contributed by atoms with E-state index in [4.69, 9.17) is 20.8 Å². The third-order valence-corrected chi connectivity index (χ3v) is 5.73. The summed E-state index contributed by atoms with van der Waals surface area (Å²) in [7, 11) is 5.14. The van der Waals surface area contributed by atoms with Crippen molar-refractivity contribution in [3.8, 4) is 5.75 Å². The van der Waals surface area contributed by atoms with E-state index >= 15 is 0 Å². The number of ether oxygens (including phenoxy) is 1. The van der Waals surface area contributed by atoms with E-state index in [1.54, 1.807) is 12.1 Å². The lowest BCUT2D eigenvalue weighted by Crippen LogP contribution is -2.36. The first kappa shape index (κ1) is 22.8. The lowest BCUT2D eigenvalue weighted by molar-refractivity contribution is -0.129. The number of aliphatic hydroxyl groups excluding tert-OH is 1. The zero-order chi connectivity index (χ0) is 23.9. The zero-order valence-electron chi connectivity index (χ0n) is 18.3. The fourth-order valence-corrected chi connectivity index (χ4v) is 4.11. The second kappa shape index (κ2) is 8.88. The van der Waals surface area contributed by atoms with Gasteiger partial charge in [-0.05, 0) is 43.9 Å². The van der Waals surface area contributed by atoms with Crippen LogP contribution < -0.4 is 4.74 Å². The molecule has 0 fully saturated rings. The maximum absolute atomic E-state index is 13.6. The van der Waals surface area contributed by atoms with Crippen LogP contribution in [0.1, 0.15) is 22.2 Å². The summed E-state index contributed by atoms with van der Waals surface area (Å²) in [6.45, 7) is 0.747. The Balaban J connectivity index is 1.81. The van der Waals surface area contributed by atoms with Gasteiger partial charge in [0.1, 0.15) is 5.82 Å². The molecule has 0 saturated carbocycles. The van der Waals surface area contributed by atoms with Gasteiger partial charge in [0, 0.05) is 29.6 Å². The number of furan rings is 1. The van der Waals surface area contributed by atoms with Crippen molar-refractivity contribution >= 4 is 34.3 Å². The van der Waals surface area contributed by atoms with Crippen molar-refractivity contribution in [2.45, 2.75) is 6.04 Å². The van der Waals surface area contributed by atoms with E-state index in [1.165, 1.54) is 42.3 Å². The number of likely N-dealkylation sites (N-methyl/N-ethyl adjacent to an activating group) is 1. The minimum Gasteiger partial charge on any atom is -0.503 e. The van der Waals surface area contributed by atoms with Crippen molar-refractivity contribution in [1.29, 1.82) is 0 Å². The van der Waals surface area contributed by atoms with E-state index in [0.29, 0.717) is 33.8 Å². The number of fused-ring (bicyclic) bond motifs is 1. The van der Waals surface area contributed by atoms with Gasteiger partial charge in [0.05, 0.1) is 18.7 Å². The Morgan fingerprint density at radius 3 is 2.58 bits per heavy atom. The number of benzene rings is 2. The number of hydrogen-bond acceptors (Lipinski definition) is 6. The number of nitrogens with zero attached hydrogens (tertiary/aromatic N) is 2. The van der Waals surface area contributed by atoms with Crippen molar-refractivity contribution in [2.24, 2.45) is 0 Å². The highest BCUT2D eigenvalue weighted by molar-refractivity contribution is 6.31. The molecule has 1 aromatic heterocycles. The van der Waals surface area contributed by atoms with Gasteiger partial charge in [-0.15, -0.1) is 0 Å². The highest BCUT2D eigenvalue weighted by atomic mass is 35.5. The van der Waals surface area contributed by atoms with Crippen LogP contribution in [-0.4, -0.2) is 60.9 Å². The summed E-state index contributed by atoms with van der Waals surface area (Å²) in [6.07, 6.45) is 0. The van der Waals surface area contributed by atoms with Gasteiger partial charge in [-0.3, -0.25) is 9.59 Å². The van der Waals surface area contributed by atoms with Crippen LogP contribution in [0, 0.1) is 5.82 Å². The maximum Gasteiger partial charge on any atom is 0.290 e. The highest BCUT2D eigenvalue weighted by Gasteiger charge is 2.44. The molecule has 2 aromatic carbocycles. The molecule has 1 aliphatic rings. The van der Waals surface area contributed by atoms with Gasteiger partial charge in [0.15, 0.2) is 22.9 Å². The Bertz CT molecular complexity index is 1270. The van der Waals surface area contributed by atoms with Crippen LogP contribution in [0.3, 0.4) is 0 Å². The third-order valence-electron chi connectivity index (χ3n) is 5.51. The minimum atomic E-state index is -0.899. The van der Waals surface area contributed by atoms with Crippen LogP contribution in [0.2, 0.25) is 5.02 Å². The van der Waals surface area contributed by atoms with Crippen molar-refractivity contribution in [2.75, 3.05) is 34.3 Å². The molecule has 0 aliphatic carbocycles. The average molecular weight is 473 g/mol. The summed E-state index contributed by atoms with van der Waals surface area (Å²) in [5, 5.41) is 11.7. The molecule has 172 valence electrons. The molecule has 1 unspecified atom stereocenters. The number of halogens is 2. The molecule has 1 atom stereocenters. The lowest BCUT2D eigenvalue weighted by Gasteiger charge is -2.27. The van der Waals surface area contributed by atoms with Gasteiger partial charge in [-0.2, -0.15) is 0 Å². The number of aliphatic hydroxyl groups is 1. The molecule has 4 rings (SSSR count). The van der Waals surface area contributed by atoms with Gasteiger partial charge in [0.2, 0.25) is 5.78 Å². The number of carbonyl (C=O) groups excluding carboxylic acids is 2. The Morgan fingerprint density at radius 1 is 1.24 bits per heavy atom. The normalized spacial score (nSPS) is 16.4. The second-order valence-electron chi connectivity index (χ2n) is 7.98. The molecular formula is C24H22ClFN2O5. The zero-order valence-corrected chi connectivity index (χ0v) is 19.0. The largest absolute Gasteiger partial charge is 0.503 e. The number of ketones is 1. The summed E-state index contributed by atoms with van der Waals surface area (Å²) in [4.78, 5) is 29.8. The first-order valence-electron chi connectivity index (χ1n) is 10.2. The molecule has 0 radical (unpaired) electrons. The van der Waals surface area contributed by atoms with Crippen LogP contribution in [0.25, 0.3) is 11.0 Å². The van der Waals surface area contributed by atoms with E-state index in [0.717, 1.165) is 0 Å². The van der Waals surface area contributed by atoms with Crippen molar-refractivity contribution in [3.63, 3.8) is 0 Å². The molecular weight excluding hydrogens is 451 g/mol. The molecule has 1 amide bonds. The quantitative estimate of drug-likeness (QED) is 0.514. The summed E-state index contributed by atoms with van der Waals surface area (Å²) in [6, 6.07) is 9.23. The first-order valence-corrected chi connectivity index (χ1v) is 10.5. The van der Waals surface area contributed by atoms with Crippen molar-refractivity contribution < 1.29 is 28.2 Å². The van der Waals surface area contributed by atoms with E-state index < -0.39 is 29.3 Å². The smallest absolute Gasteiger partial charge is 0.290 e. The number of methoxy groups -OCH3 is 1. The molecule has 0 spiro atoms. The van der Waals surface area contributed by atoms with Gasteiger partial charge in [-0.25, -0.2) is 4.39 Å². The fraction of sp³-hybridized carbons (Fsp3) is 0.250. The number of rotatable bonds is 7. The Morgan fingerprint density at radius 2 is 1.94 bits per heavy atom. The van der Waals surface area contributed by atoms with Crippen LogP contribution in [-0.2, 0) is 4.79 Å². The monoisotopic (exact) mass is 472 g/mol. The highest BCUT2D eigenvalue weighted by Crippen LogP contribution is 2.40. The standard InChI is InChI=1S/C24H22ClFN2O5/c1-27(2)8-9-28-20(13-4-6-16(26)7-5-13)19(22(30)24(28)31)21(29)17-11-14-10-15(25)12-18(32-3)23(14)33-17/h4-7,10-12,20,30H,8-9H2,1-3H3. The van der Waals surface area contributed by atoms with Gasteiger partial charge < -0.3 is 24.1 Å². The number of amides is 1. The predicted octanol–water partition coefficient (Wildman–Crippen LogP) is 4.37. The molecule has 1 N–H and O–H groups in total. The Hall–Kier alpha value is -3.36. The molecule has 33 heavy (non-hydrogen) atoms. The van der Waals surface area contributed by atoms with Gasteiger partial charge in [0.25, 0.3) is 5.91 Å². The predicted molar refractivity (Wildman–Crippen MR) is 121 cm³/mol. The summed E-state index contributed by atoms with van der Waals surface area (Å²) in [5.41, 5.74) is 0.680. The molecule has 9 heteroatoms. The average Bonchev–Trinajstić information content (AvgIpc) is 3.31. The SMILES string of the molecule is COc1cc(Cl)cc2cc(C(=O)C3=C(O)C(=O)N(CCN(C)C)C3c3ccc(F)cc3)oc12. The maximum atomic E-state index is 13.6. The van der Waals surface area contributed by atoms with Crippen LogP contribution in [0.15, 0.2) is 58.2 Å². The van der Waals surface area contributed by atoms with Crippen LogP contribution >= 0.6 is 11.6 Å². The van der Waals surface area contributed by atoms with Crippen LogP contribution in [0.5, 0.6) is 5.75 Å². The Labute approximate surface area is 194 Å². The van der Waals surface area contributed by atoms with E-state index in [1.807, 2.05) is 19.0 Å². The molecule has 0 bridgehead atoms. The molecule has 1 aliphatic heterocycles. The fourth-order valence-electron chi connectivity index (χ4n) is 3.90. The Kier molecular flexibility index (Phi) is 6.14. The summed E-state index contributed by atoms with van der Waals surface area (Å²) < 4.78 is 24.6. The number of hydrogen-bond donors (Lipinski definition) is 1. The second-order valence-corrected chi connectivity index (χ2v) is 8.42. The number of Topliss-reactive ketones (excluding diaryl/α,β-unsaturated/α-hetero) is 1. The summed E-state index contributed by atoms with van der Waals surface area (Å²) >= 11 is 6.11. The first-order chi connectivity index (χ1) is 15.7. The van der Waals surface area contributed by atoms with Crippen LogP contribution in [0.4, 0.5) is 4.39 Å². The minimum absolute atomic E-state index is 0.0820. The van der Waals surface area contributed by atoms with E-state index in [9.17, 15) is 19.1 Å². The van der Waals surface area contributed by atoms with E-state index in [2.05, 4.69) is 0 Å². The molecule has 2 heterocycles. The lowest BCUT2D eigenvalue weighted by atomic mass is 9.95. The number of carbonyl (C=O) groups is 2. The molecule has 7 nitrogen and oxygen atoms in total. The van der Waals surface area contributed by atoms with Gasteiger partial charge >= 0.3 is 0 Å². The van der Waals surface area contributed by atoms with Gasteiger partial charge in [-0.1, -0.05) is 23.7 Å². The topological polar surface area (TPSA) is 83.2 Å².